The zero-order valence-electron chi connectivity index (χ0n) is 18.5. The van der Waals surface area contributed by atoms with E-state index in [-0.39, 0.29) is 6.42 Å². The number of rotatable bonds is 7. The maximum atomic E-state index is 11.1. The molecule has 2 aromatic rings. The highest BCUT2D eigenvalue weighted by atomic mass is 16.5. The van der Waals surface area contributed by atoms with Crippen molar-refractivity contribution in [2.75, 3.05) is 20.6 Å². The molecule has 0 radical (unpaired) electrons. The van der Waals surface area contributed by atoms with E-state index in [1.807, 2.05) is 30.3 Å². The zero-order chi connectivity index (χ0) is 24.4. The van der Waals surface area contributed by atoms with E-state index in [9.17, 15) is 14.4 Å². The lowest BCUT2D eigenvalue weighted by Crippen LogP contribution is -2.12. The van der Waals surface area contributed by atoms with E-state index in [1.165, 1.54) is 0 Å². The second-order valence-electron chi connectivity index (χ2n) is 7.57. The van der Waals surface area contributed by atoms with Crippen LogP contribution in [0.15, 0.2) is 60.7 Å². The van der Waals surface area contributed by atoms with Crippen molar-refractivity contribution in [3.8, 4) is 5.75 Å². The third-order valence-corrected chi connectivity index (χ3v) is 4.67. The molecule has 1 heterocycles. The summed E-state index contributed by atoms with van der Waals surface area (Å²) in [6.07, 6.45) is 4.28. The molecule has 1 aliphatic heterocycles. The Hall–Kier alpha value is -3.91. The van der Waals surface area contributed by atoms with E-state index in [2.05, 4.69) is 37.2 Å². The van der Waals surface area contributed by atoms with Crippen LogP contribution in [-0.2, 0) is 27.4 Å². The molecule has 1 aliphatic rings. The minimum Gasteiger partial charge on any atom is -0.488 e. The predicted octanol–water partition coefficient (Wildman–Crippen LogP) is 3.30. The van der Waals surface area contributed by atoms with E-state index in [1.54, 1.807) is 0 Å². The largest absolute Gasteiger partial charge is 0.488 e. The van der Waals surface area contributed by atoms with Crippen molar-refractivity contribution in [1.82, 2.24) is 4.90 Å². The van der Waals surface area contributed by atoms with Crippen LogP contribution in [0.25, 0.3) is 5.57 Å². The third-order valence-electron chi connectivity index (χ3n) is 4.67. The van der Waals surface area contributed by atoms with Crippen molar-refractivity contribution >= 4 is 23.5 Å². The van der Waals surface area contributed by atoms with Gasteiger partial charge in [-0.15, -0.1) is 0 Å². The lowest BCUT2D eigenvalue weighted by Gasteiger charge is -2.13. The molecular weight excluding hydrogens is 426 g/mol. The first kappa shape index (κ1) is 25.4. The summed E-state index contributed by atoms with van der Waals surface area (Å²) >= 11 is 0. The Morgan fingerprint density at radius 3 is 2.24 bits per heavy atom. The first-order valence-electron chi connectivity index (χ1n) is 10.2. The minimum absolute atomic E-state index is 0.0138. The quantitative estimate of drug-likeness (QED) is 0.546. The van der Waals surface area contributed by atoms with Gasteiger partial charge in [0.2, 0.25) is 0 Å². The SMILES string of the molecule is CN(C)CC/C=C1/c2ccccc2COc2ccc(CC(=O)O)cc21.O=C(O)/C=C/C(=O)O. The molecule has 0 saturated heterocycles. The highest BCUT2D eigenvalue weighted by Crippen LogP contribution is 2.37. The molecule has 0 bridgehead atoms. The molecule has 0 aliphatic carbocycles. The van der Waals surface area contributed by atoms with Gasteiger partial charge in [0.1, 0.15) is 12.4 Å². The molecule has 3 rings (SSSR count). The third kappa shape index (κ3) is 8.27. The average Bonchev–Trinajstić information content (AvgIpc) is 2.89. The number of carboxylic acids is 3. The number of hydrogen-bond donors (Lipinski definition) is 3. The summed E-state index contributed by atoms with van der Waals surface area (Å²) in [6, 6.07) is 13.9. The Labute approximate surface area is 192 Å². The monoisotopic (exact) mass is 453 g/mol. The number of ether oxygens (including phenoxy) is 1. The molecule has 2 aromatic carbocycles. The Morgan fingerprint density at radius 2 is 1.64 bits per heavy atom. The molecule has 8 nitrogen and oxygen atoms in total. The Balaban J connectivity index is 0.000000414. The molecule has 0 saturated carbocycles. The number of carbonyl (C=O) groups is 3. The van der Waals surface area contributed by atoms with E-state index in [0.717, 1.165) is 46.5 Å². The van der Waals surface area contributed by atoms with E-state index >= 15 is 0 Å². The number of fused-ring (bicyclic) bond motifs is 2. The summed E-state index contributed by atoms with van der Waals surface area (Å²) in [6.45, 7) is 1.48. The fourth-order valence-corrected chi connectivity index (χ4v) is 3.24. The summed E-state index contributed by atoms with van der Waals surface area (Å²) in [4.78, 5) is 32.3. The van der Waals surface area contributed by atoms with Crippen molar-refractivity contribution in [3.63, 3.8) is 0 Å². The standard InChI is InChI=1S/C21H23NO3.C4H4O4/c1-22(2)11-5-8-18-17-7-4-3-6-16(17)14-25-20-10-9-15(12-19(18)20)13-21(23)24;5-3(6)1-2-4(7)8/h3-4,6-10,12H,5,11,13-14H2,1-2H3,(H,23,24);1-2H,(H,5,6)(H,7,8)/b18-8-;2-1+. The summed E-state index contributed by atoms with van der Waals surface area (Å²) in [5, 5.41) is 24.7. The fourth-order valence-electron chi connectivity index (χ4n) is 3.24. The molecule has 0 fully saturated rings. The van der Waals surface area contributed by atoms with Gasteiger partial charge in [0.25, 0.3) is 0 Å². The molecular formula is C25H27NO7. The van der Waals surface area contributed by atoms with Crippen LogP contribution in [0.5, 0.6) is 5.75 Å². The lowest BCUT2D eigenvalue weighted by molar-refractivity contribution is -0.136. The van der Waals surface area contributed by atoms with Crippen molar-refractivity contribution in [3.05, 3.63) is 82.9 Å². The molecule has 0 amide bonds. The fraction of sp³-hybridized carbons (Fsp3) is 0.240. The molecule has 0 aromatic heterocycles. The van der Waals surface area contributed by atoms with Crippen LogP contribution in [0.4, 0.5) is 0 Å². The van der Waals surface area contributed by atoms with Gasteiger partial charge in [-0.25, -0.2) is 9.59 Å². The van der Waals surface area contributed by atoms with Crippen molar-refractivity contribution < 1.29 is 34.4 Å². The van der Waals surface area contributed by atoms with Crippen LogP contribution in [0.2, 0.25) is 0 Å². The van der Waals surface area contributed by atoms with E-state index < -0.39 is 17.9 Å². The molecule has 33 heavy (non-hydrogen) atoms. The first-order valence-corrected chi connectivity index (χ1v) is 10.2. The summed E-state index contributed by atoms with van der Waals surface area (Å²) < 4.78 is 5.99. The van der Waals surface area contributed by atoms with Gasteiger partial charge in [0.15, 0.2) is 0 Å². The van der Waals surface area contributed by atoms with Crippen molar-refractivity contribution in [1.29, 1.82) is 0 Å². The van der Waals surface area contributed by atoms with Crippen molar-refractivity contribution in [2.24, 2.45) is 0 Å². The molecule has 174 valence electrons. The van der Waals surface area contributed by atoms with Crippen LogP contribution in [0.3, 0.4) is 0 Å². The van der Waals surface area contributed by atoms with Gasteiger partial charge >= 0.3 is 17.9 Å². The molecule has 0 atom stereocenters. The lowest BCUT2D eigenvalue weighted by atomic mass is 9.92. The Kier molecular flexibility index (Phi) is 9.38. The van der Waals surface area contributed by atoms with Gasteiger partial charge in [-0.05, 0) is 54.9 Å². The van der Waals surface area contributed by atoms with Crippen LogP contribution >= 0.6 is 0 Å². The van der Waals surface area contributed by atoms with Gasteiger partial charge in [0.05, 0.1) is 6.42 Å². The number of nitrogens with zero attached hydrogens (tertiary/aromatic N) is 1. The van der Waals surface area contributed by atoms with Crippen LogP contribution in [0.1, 0.15) is 28.7 Å². The normalized spacial score (nSPS) is 13.4. The van der Waals surface area contributed by atoms with Gasteiger partial charge in [-0.3, -0.25) is 4.79 Å². The predicted molar refractivity (Wildman–Crippen MR) is 123 cm³/mol. The Bertz CT molecular complexity index is 1050. The number of carboxylic acid groups (broad SMARTS) is 3. The minimum atomic E-state index is -1.26. The molecule has 0 unspecified atom stereocenters. The average molecular weight is 453 g/mol. The number of aliphatic carboxylic acids is 3. The van der Waals surface area contributed by atoms with E-state index in [0.29, 0.717) is 18.8 Å². The highest BCUT2D eigenvalue weighted by Gasteiger charge is 2.19. The topological polar surface area (TPSA) is 124 Å². The van der Waals surface area contributed by atoms with Gasteiger partial charge in [-0.1, -0.05) is 36.4 Å². The second kappa shape index (κ2) is 12.2. The van der Waals surface area contributed by atoms with E-state index in [4.69, 9.17) is 20.1 Å². The summed E-state index contributed by atoms with van der Waals surface area (Å²) in [7, 11) is 4.11. The summed E-state index contributed by atoms with van der Waals surface area (Å²) in [5.74, 6) is -2.53. The summed E-state index contributed by atoms with van der Waals surface area (Å²) in [5.41, 5.74) is 5.19. The van der Waals surface area contributed by atoms with Gasteiger partial charge in [-0.2, -0.15) is 0 Å². The number of benzene rings is 2. The number of hydrogen-bond acceptors (Lipinski definition) is 5. The Morgan fingerprint density at radius 1 is 0.970 bits per heavy atom. The van der Waals surface area contributed by atoms with Crippen LogP contribution < -0.4 is 4.74 Å². The maximum Gasteiger partial charge on any atom is 0.328 e. The molecule has 0 spiro atoms. The maximum absolute atomic E-state index is 11.1. The van der Waals surface area contributed by atoms with Crippen LogP contribution in [0, 0.1) is 0 Å². The van der Waals surface area contributed by atoms with Crippen molar-refractivity contribution in [2.45, 2.75) is 19.4 Å². The zero-order valence-corrected chi connectivity index (χ0v) is 18.5. The van der Waals surface area contributed by atoms with Gasteiger partial charge in [0, 0.05) is 24.3 Å². The molecule has 3 N–H and O–H groups in total. The first-order chi connectivity index (χ1) is 15.7. The molecule has 8 heteroatoms. The second-order valence-corrected chi connectivity index (χ2v) is 7.57. The highest BCUT2D eigenvalue weighted by molar-refractivity contribution is 5.89. The smallest absolute Gasteiger partial charge is 0.328 e. The van der Waals surface area contributed by atoms with Gasteiger partial charge < -0.3 is 25.0 Å². The van der Waals surface area contributed by atoms with Crippen LogP contribution in [-0.4, -0.2) is 58.8 Å².